The third-order valence-corrected chi connectivity index (χ3v) is 4.27. The Morgan fingerprint density at radius 3 is 2.37 bits per heavy atom. The molecule has 0 amide bonds. The van der Waals surface area contributed by atoms with Crippen molar-refractivity contribution in [2.24, 2.45) is 5.41 Å². The smallest absolute Gasteiger partial charge is 0.492 e. The summed E-state index contributed by atoms with van der Waals surface area (Å²) in [6.07, 6.45) is 1.05. The Balaban J connectivity index is 2.43. The summed E-state index contributed by atoms with van der Waals surface area (Å²) in [5.41, 5.74) is -6.94. The van der Waals surface area contributed by atoms with Crippen LogP contribution in [0.25, 0.3) is 5.76 Å². The molecule has 0 saturated carbocycles. The first kappa shape index (κ1) is 21.0. The molecule has 6 nitrogen and oxygen atoms in total. The van der Waals surface area contributed by atoms with Crippen LogP contribution >= 0.6 is 0 Å². The molecule has 0 atom stereocenters. The Kier molecular flexibility index (Phi) is 5.46. The summed E-state index contributed by atoms with van der Waals surface area (Å²) < 4.78 is 88.9. The highest BCUT2D eigenvalue weighted by molar-refractivity contribution is 7.87. The molecular formula is C16H16F4O6S. The van der Waals surface area contributed by atoms with E-state index in [-0.39, 0.29) is 24.3 Å². The third-order valence-electron chi connectivity index (χ3n) is 3.30. The molecule has 0 fully saturated rings. The molecule has 1 aliphatic rings. The number of carbonyl (C=O) groups excluding carboxylic acids is 1. The van der Waals surface area contributed by atoms with Crippen LogP contribution in [0.15, 0.2) is 18.2 Å². The highest BCUT2D eigenvalue weighted by Gasteiger charge is 2.49. The van der Waals surface area contributed by atoms with Crippen molar-refractivity contribution < 1.29 is 44.4 Å². The molecule has 0 radical (unpaired) electrons. The van der Waals surface area contributed by atoms with Crippen LogP contribution in [0.1, 0.15) is 32.8 Å². The zero-order valence-electron chi connectivity index (χ0n) is 14.5. The standard InChI is InChI=1S/C16H16F4O6S/c1-15(2,3)14(21)25-13-8-12-9(7-10(13)17)11(5-4-6-24-12)26-27(22,23)16(18,19)20/h5,7-8H,4,6H2,1-3H3. The molecule has 1 aromatic rings. The van der Waals surface area contributed by atoms with Gasteiger partial charge in [-0.3, -0.25) is 4.79 Å². The fraction of sp³-hybridized carbons (Fsp3) is 0.438. The van der Waals surface area contributed by atoms with Gasteiger partial charge in [-0.1, -0.05) is 0 Å². The number of alkyl halides is 3. The molecule has 2 rings (SSSR count). The first-order chi connectivity index (χ1) is 12.2. The molecule has 1 heterocycles. The molecule has 27 heavy (non-hydrogen) atoms. The van der Waals surface area contributed by atoms with Gasteiger partial charge in [0.05, 0.1) is 17.6 Å². The third kappa shape index (κ3) is 4.71. The largest absolute Gasteiger partial charge is 0.534 e. The molecule has 0 bridgehead atoms. The van der Waals surface area contributed by atoms with E-state index in [2.05, 4.69) is 4.18 Å². The summed E-state index contributed by atoms with van der Waals surface area (Å²) in [7, 11) is -5.95. The van der Waals surface area contributed by atoms with E-state index in [9.17, 15) is 30.8 Å². The summed E-state index contributed by atoms with van der Waals surface area (Å²) in [6.45, 7) is 4.60. The molecule has 11 heteroatoms. The van der Waals surface area contributed by atoms with Crippen molar-refractivity contribution in [3.8, 4) is 11.5 Å². The van der Waals surface area contributed by atoms with Gasteiger partial charge in [0.25, 0.3) is 0 Å². The van der Waals surface area contributed by atoms with E-state index in [1.54, 1.807) is 20.8 Å². The Morgan fingerprint density at radius 1 is 1.19 bits per heavy atom. The Morgan fingerprint density at radius 2 is 1.81 bits per heavy atom. The minimum Gasteiger partial charge on any atom is -0.492 e. The number of benzene rings is 1. The molecule has 0 aromatic heterocycles. The zero-order chi connectivity index (χ0) is 20.6. The van der Waals surface area contributed by atoms with E-state index in [1.165, 1.54) is 0 Å². The average Bonchev–Trinajstić information content (AvgIpc) is 2.68. The highest BCUT2D eigenvalue weighted by atomic mass is 32.2. The van der Waals surface area contributed by atoms with Gasteiger partial charge in [-0.2, -0.15) is 21.6 Å². The maximum atomic E-state index is 14.3. The van der Waals surface area contributed by atoms with Crippen molar-refractivity contribution in [3.63, 3.8) is 0 Å². The molecule has 0 aliphatic carbocycles. The van der Waals surface area contributed by atoms with Crippen LogP contribution in [0.5, 0.6) is 11.5 Å². The number of hydrogen-bond donors (Lipinski definition) is 0. The molecule has 1 aromatic carbocycles. The number of hydrogen-bond acceptors (Lipinski definition) is 6. The second-order valence-electron chi connectivity index (χ2n) is 6.61. The van der Waals surface area contributed by atoms with Crippen molar-refractivity contribution in [2.45, 2.75) is 32.7 Å². The number of ether oxygens (including phenoxy) is 2. The number of fused-ring (bicyclic) bond motifs is 1. The van der Waals surface area contributed by atoms with Crippen LogP contribution in [-0.2, 0) is 19.1 Å². The molecule has 0 spiro atoms. The first-order valence-electron chi connectivity index (χ1n) is 7.62. The van der Waals surface area contributed by atoms with E-state index >= 15 is 0 Å². The van der Waals surface area contributed by atoms with Crippen LogP contribution in [0, 0.1) is 11.2 Å². The van der Waals surface area contributed by atoms with Gasteiger partial charge in [0, 0.05) is 12.5 Å². The Bertz CT molecular complexity index is 881. The quantitative estimate of drug-likeness (QED) is 0.247. The van der Waals surface area contributed by atoms with Gasteiger partial charge in [0.2, 0.25) is 0 Å². The Hall–Kier alpha value is -2.30. The number of rotatable bonds is 3. The summed E-state index contributed by atoms with van der Waals surface area (Å²) in [5.74, 6) is -3.27. The summed E-state index contributed by atoms with van der Waals surface area (Å²) in [4.78, 5) is 11.9. The lowest BCUT2D eigenvalue weighted by atomic mass is 9.97. The van der Waals surface area contributed by atoms with Gasteiger partial charge >= 0.3 is 21.6 Å². The van der Waals surface area contributed by atoms with E-state index in [0.717, 1.165) is 12.1 Å². The fourth-order valence-electron chi connectivity index (χ4n) is 1.89. The zero-order valence-corrected chi connectivity index (χ0v) is 15.3. The van der Waals surface area contributed by atoms with Crippen molar-refractivity contribution in [3.05, 3.63) is 29.6 Å². The van der Waals surface area contributed by atoms with E-state index in [0.29, 0.717) is 6.07 Å². The highest BCUT2D eigenvalue weighted by Crippen LogP contribution is 2.38. The summed E-state index contributed by atoms with van der Waals surface area (Å²) >= 11 is 0. The van der Waals surface area contributed by atoms with Gasteiger partial charge in [-0.15, -0.1) is 0 Å². The number of carbonyl (C=O) groups is 1. The monoisotopic (exact) mass is 412 g/mol. The second-order valence-corrected chi connectivity index (χ2v) is 8.14. The first-order valence-corrected chi connectivity index (χ1v) is 9.03. The van der Waals surface area contributed by atoms with Crippen LogP contribution in [0.3, 0.4) is 0 Å². The predicted octanol–water partition coefficient (Wildman–Crippen LogP) is 3.77. The lowest BCUT2D eigenvalue weighted by molar-refractivity contribution is -0.143. The maximum absolute atomic E-state index is 14.3. The van der Waals surface area contributed by atoms with Crippen molar-refractivity contribution in [1.29, 1.82) is 0 Å². The van der Waals surface area contributed by atoms with Crippen LogP contribution in [-0.4, -0.2) is 26.5 Å². The van der Waals surface area contributed by atoms with Gasteiger partial charge < -0.3 is 13.7 Å². The van der Waals surface area contributed by atoms with Gasteiger partial charge in [-0.25, -0.2) is 4.39 Å². The summed E-state index contributed by atoms with van der Waals surface area (Å²) in [5, 5.41) is 0. The topological polar surface area (TPSA) is 78.9 Å². The SMILES string of the molecule is CC(C)(C)C(=O)Oc1cc2c(cc1F)C(OS(=O)(=O)C(F)(F)F)=CCCO2. The van der Waals surface area contributed by atoms with Crippen molar-refractivity contribution in [2.75, 3.05) is 6.61 Å². The molecule has 0 unspecified atom stereocenters. The van der Waals surface area contributed by atoms with Crippen molar-refractivity contribution >= 4 is 21.8 Å². The molecule has 150 valence electrons. The number of esters is 1. The average molecular weight is 412 g/mol. The minimum absolute atomic E-state index is 0.0100. The molecule has 1 aliphatic heterocycles. The molecular weight excluding hydrogens is 396 g/mol. The molecule has 0 saturated heterocycles. The van der Waals surface area contributed by atoms with Crippen LogP contribution < -0.4 is 9.47 Å². The predicted molar refractivity (Wildman–Crippen MR) is 85.6 cm³/mol. The summed E-state index contributed by atoms with van der Waals surface area (Å²) in [6, 6.07) is 1.64. The Labute approximate surface area is 152 Å². The lowest BCUT2D eigenvalue weighted by Crippen LogP contribution is -2.26. The van der Waals surface area contributed by atoms with E-state index < -0.39 is 44.3 Å². The van der Waals surface area contributed by atoms with E-state index in [4.69, 9.17) is 9.47 Å². The number of halogens is 4. The van der Waals surface area contributed by atoms with Gasteiger partial charge in [0.15, 0.2) is 11.6 Å². The normalized spacial score (nSPS) is 15.1. The maximum Gasteiger partial charge on any atom is 0.534 e. The van der Waals surface area contributed by atoms with Crippen molar-refractivity contribution in [1.82, 2.24) is 0 Å². The van der Waals surface area contributed by atoms with Crippen LogP contribution in [0.2, 0.25) is 0 Å². The second kappa shape index (κ2) is 7.02. The molecule has 0 N–H and O–H groups in total. The van der Waals surface area contributed by atoms with E-state index in [1.807, 2.05) is 0 Å². The fourth-order valence-corrected chi connectivity index (χ4v) is 2.38. The minimum atomic E-state index is -5.95. The van der Waals surface area contributed by atoms with Gasteiger partial charge in [0.1, 0.15) is 11.5 Å². The van der Waals surface area contributed by atoms with Gasteiger partial charge in [-0.05, 0) is 32.9 Å². The van der Waals surface area contributed by atoms with Crippen LogP contribution in [0.4, 0.5) is 17.6 Å². The lowest BCUT2D eigenvalue weighted by Gasteiger charge is -2.18.